The predicted octanol–water partition coefficient (Wildman–Crippen LogP) is 10.1. The lowest BCUT2D eigenvalue weighted by atomic mass is 9.75. The third kappa shape index (κ3) is 7.85. The van der Waals surface area contributed by atoms with Gasteiger partial charge in [-0.2, -0.15) is 0 Å². The van der Waals surface area contributed by atoms with Crippen LogP contribution in [-0.4, -0.2) is 71.5 Å². The van der Waals surface area contributed by atoms with Crippen LogP contribution in [0.5, 0.6) is 80.5 Å². The summed E-state index contributed by atoms with van der Waals surface area (Å²) in [7, 11) is 0. The summed E-state index contributed by atoms with van der Waals surface area (Å²) in [5, 5.41) is 164. The number of hydrogen-bond acceptors (Lipinski definition) is 14. The fourth-order valence-electron chi connectivity index (χ4n) is 11.0. The number of hydrogen-bond donors (Lipinski definition) is 14. The van der Waals surface area contributed by atoms with Crippen molar-refractivity contribution in [2.75, 3.05) is 0 Å². The number of fused-ring (bicyclic) bond motifs is 16. The van der Waals surface area contributed by atoms with E-state index in [9.17, 15) is 71.5 Å². The van der Waals surface area contributed by atoms with Gasteiger partial charge in [0.1, 0.15) is 80.5 Å². The van der Waals surface area contributed by atoms with Gasteiger partial charge < -0.3 is 71.5 Å². The lowest BCUT2D eigenvalue weighted by Crippen LogP contribution is -2.13. The molecular weight excluding hydrogens is 945 g/mol. The number of benzene rings is 9. The first-order valence-corrected chi connectivity index (χ1v) is 23.4. The van der Waals surface area contributed by atoms with Gasteiger partial charge in [0.05, 0.1) is 0 Å². The van der Waals surface area contributed by atoms with Crippen molar-refractivity contribution in [1.82, 2.24) is 0 Å². The minimum Gasteiger partial charge on any atom is -0.508 e. The van der Waals surface area contributed by atoms with Crippen LogP contribution >= 0.6 is 0 Å². The number of aromatic hydroxyl groups is 14. The average molecular weight is 991 g/mol. The van der Waals surface area contributed by atoms with Crippen LogP contribution in [0.3, 0.4) is 0 Å². The van der Waals surface area contributed by atoms with Crippen LogP contribution in [-0.2, 0) is 12.8 Å². The van der Waals surface area contributed by atoms with Gasteiger partial charge >= 0.3 is 0 Å². The first kappa shape index (κ1) is 46.6. The quantitative estimate of drug-likeness (QED) is 0.0767. The molecule has 0 saturated heterocycles. The van der Waals surface area contributed by atoms with E-state index in [1.54, 1.807) is 48.5 Å². The van der Waals surface area contributed by atoms with Crippen molar-refractivity contribution in [3.63, 3.8) is 0 Å². The molecule has 0 saturated carbocycles. The van der Waals surface area contributed by atoms with Crippen LogP contribution in [0.15, 0.2) is 146 Å². The van der Waals surface area contributed by atoms with E-state index in [1.165, 1.54) is 66.7 Å². The van der Waals surface area contributed by atoms with Crippen molar-refractivity contribution >= 4 is 0 Å². The van der Waals surface area contributed by atoms with E-state index in [4.69, 9.17) is 0 Å². The molecule has 74 heavy (non-hydrogen) atoms. The highest BCUT2D eigenvalue weighted by Gasteiger charge is 2.36. The van der Waals surface area contributed by atoms with E-state index >= 15 is 0 Å². The molecule has 0 heterocycles. The Hall–Kier alpha value is -9.82. The van der Waals surface area contributed by atoms with Crippen molar-refractivity contribution < 1.29 is 71.5 Å². The third-order valence-electron chi connectivity index (χ3n) is 14.5. The summed E-state index contributed by atoms with van der Waals surface area (Å²) in [5.74, 6) is -10.9. The molecule has 0 amide bonds. The lowest BCUT2D eigenvalue weighted by molar-refractivity contribution is 0.430. The standard InChI is InChI=1S/C60H46O14/c61-31-5-7-33(49(67)19-31)57-35-15-27(1-9-45(35)63)13-29-3-11-47(65)37(17-29)59-42-22-40(52(70)25-54(42)72)58(34-8-6-32(62)20-50(34)68)36-16-28(2-10-46(36)64)14-30-4-12-48(66)38(18-30)60(41-21-39(57)51(69)24-53(41)71)44-23-43(59)55(73)26-56(44)74/h1-12,15-26,57-74H,13-14H2. The van der Waals surface area contributed by atoms with Gasteiger partial charge in [-0.1, -0.05) is 60.7 Å². The van der Waals surface area contributed by atoms with E-state index in [2.05, 4.69) is 0 Å². The zero-order chi connectivity index (χ0) is 52.0. The smallest absolute Gasteiger partial charge is 0.123 e. The van der Waals surface area contributed by atoms with Crippen LogP contribution in [0.1, 0.15) is 113 Å². The second-order valence-corrected chi connectivity index (χ2v) is 19.1. The zero-order valence-corrected chi connectivity index (χ0v) is 38.8. The molecule has 14 heteroatoms. The third-order valence-corrected chi connectivity index (χ3v) is 14.5. The Morgan fingerprint density at radius 1 is 0.189 bits per heavy atom. The second-order valence-electron chi connectivity index (χ2n) is 19.1. The van der Waals surface area contributed by atoms with Crippen LogP contribution < -0.4 is 0 Å². The van der Waals surface area contributed by atoms with Gasteiger partial charge in [-0.15, -0.1) is 0 Å². The SMILES string of the molecule is Oc1ccc(C2c3cc(ccc3O)Cc3ccc(O)c(c3)C3c4cc(c(O)cc4O)C(c4ccc(O)cc4O)c4cc(ccc4O)Cc4ccc(O)c(c4)C(c4cc2c(O)cc4O)c2cc3c(O)cc2O)c(O)c1. The molecule has 11 rings (SSSR count). The van der Waals surface area contributed by atoms with Gasteiger partial charge in [-0.25, -0.2) is 0 Å². The van der Waals surface area contributed by atoms with Gasteiger partial charge in [0.25, 0.3) is 0 Å². The summed E-state index contributed by atoms with van der Waals surface area (Å²) in [6.45, 7) is 0. The summed E-state index contributed by atoms with van der Waals surface area (Å²) in [5.41, 5.74) is 2.91. The minimum absolute atomic E-state index is 0.0248. The fourth-order valence-corrected chi connectivity index (χ4v) is 11.0. The van der Waals surface area contributed by atoms with Crippen LogP contribution in [0.2, 0.25) is 0 Å². The molecule has 2 aliphatic carbocycles. The molecule has 14 N–H and O–H groups in total. The summed E-state index contributed by atoms with van der Waals surface area (Å²) < 4.78 is 0. The Labute approximate surface area is 421 Å². The maximum atomic E-state index is 12.2. The van der Waals surface area contributed by atoms with E-state index < -0.39 is 69.7 Å². The molecular formula is C60H46O14. The topological polar surface area (TPSA) is 283 Å². The van der Waals surface area contributed by atoms with Crippen molar-refractivity contribution in [3.05, 3.63) is 235 Å². The van der Waals surface area contributed by atoms with Crippen molar-refractivity contribution in [1.29, 1.82) is 0 Å². The Bertz CT molecular complexity index is 3550. The fraction of sp³-hybridized carbons (Fsp3) is 0.100. The van der Waals surface area contributed by atoms with E-state index in [0.29, 0.717) is 22.3 Å². The highest BCUT2D eigenvalue weighted by Crippen LogP contribution is 2.55. The number of phenolic OH excluding ortho intramolecular Hbond substituents is 14. The summed E-state index contributed by atoms with van der Waals surface area (Å²) in [4.78, 5) is 0. The molecule has 0 radical (unpaired) electrons. The van der Waals surface area contributed by atoms with Crippen molar-refractivity contribution in [2.45, 2.75) is 36.5 Å². The maximum absolute atomic E-state index is 12.2. The Morgan fingerprint density at radius 2 is 0.405 bits per heavy atom. The van der Waals surface area contributed by atoms with Crippen LogP contribution in [0.4, 0.5) is 0 Å². The highest BCUT2D eigenvalue weighted by atomic mass is 16.3. The summed E-state index contributed by atoms with van der Waals surface area (Å²) >= 11 is 0. The molecule has 0 aliphatic heterocycles. The van der Waals surface area contributed by atoms with E-state index in [1.807, 2.05) is 0 Å². The molecule has 16 bridgehead atoms. The number of rotatable bonds is 2. The molecule has 4 unspecified atom stereocenters. The summed E-state index contributed by atoms with van der Waals surface area (Å²) in [6, 6.07) is 33.9. The summed E-state index contributed by atoms with van der Waals surface area (Å²) in [6.07, 6.45) is 0.229. The van der Waals surface area contributed by atoms with Gasteiger partial charge in [0, 0.05) is 121 Å². The van der Waals surface area contributed by atoms with E-state index in [-0.39, 0.29) is 114 Å². The maximum Gasteiger partial charge on any atom is 0.123 e. The normalized spacial score (nSPS) is 16.8. The Kier molecular flexibility index (Phi) is 11.0. The average Bonchev–Trinajstić information content (AvgIpc) is 3.34. The molecule has 14 nitrogen and oxygen atoms in total. The van der Waals surface area contributed by atoms with Gasteiger partial charge in [0.15, 0.2) is 0 Å². The molecule has 370 valence electrons. The Balaban J connectivity index is 1.31. The highest BCUT2D eigenvalue weighted by molar-refractivity contribution is 5.69. The monoisotopic (exact) mass is 990 g/mol. The largest absolute Gasteiger partial charge is 0.508 e. The second kappa shape index (κ2) is 17.5. The lowest BCUT2D eigenvalue weighted by Gasteiger charge is -2.29. The van der Waals surface area contributed by atoms with Crippen LogP contribution in [0.25, 0.3) is 0 Å². The molecule has 9 aromatic carbocycles. The zero-order valence-electron chi connectivity index (χ0n) is 38.8. The van der Waals surface area contributed by atoms with Gasteiger partial charge in [-0.3, -0.25) is 0 Å². The first-order valence-electron chi connectivity index (χ1n) is 23.4. The number of phenols is 14. The Morgan fingerprint density at radius 3 is 0.649 bits per heavy atom. The molecule has 0 aromatic heterocycles. The molecule has 2 aliphatic rings. The van der Waals surface area contributed by atoms with Crippen molar-refractivity contribution in [2.24, 2.45) is 0 Å². The van der Waals surface area contributed by atoms with Crippen LogP contribution in [0, 0.1) is 0 Å². The molecule has 0 fully saturated rings. The van der Waals surface area contributed by atoms with Gasteiger partial charge in [0.2, 0.25) is 0 Å². The van der Waals surface area contributed by atoms with Gasteiger partial charge in [-0.05, 0) is 89.7 Å². The van der Waals surface area contributed by atoms with E-state index in [0.717, 1.165) is 30.3 Å². The first-order chi connectivity index (χ1) is 35.4. The molecule has 0 spiro atoms. The minimum atomic E-state index is -1.41. The molecule has 4 atom stereocenters. The molecule has 9 aromatic rings. The van der Waals surface area contributed by atoms with Crippen molar-refractivity contribution in [3.8, 4) is 80.5 Å². The predicted molar refractivity (Wildman–Crippen MR) is 271 cm³/mol.